The van der Waals surface area contributed by atoms with E-state index in [-0.39, 0.29) is 5.91 Å². The van der Waals surface area contributed by atoms with Gasteiger partial charge in [0.25, 0.3) is 0 Å². The van der Waals surface area contributed by atoms with Crippen LogP contribution in [0.15, 0.2) is 12.4 Å². The summed E-state index contributed by atoms with van der Waals surface area (Å²) in [5, 5.41) is 9.18. The van der Waals surface area contributed by atoms with Gasteiger partial charge in [-0.15, -0.1) is 0 Å². The Balaban J connectivity index is 2.00. The van der Waals surface area contributed by atoms with Gasteiger partial charge in [0.2, 0.25) is 5.91 Å². The van der Waals surface area contributed by atoms with Crippen LogP contribution in [0.2, 0.25) is 0 Å². The molecule has 0 spiro atoms. The Morgan fingerprint density at radius 2 is 2.20 bits per heavy atom. The number of hydrogen-bond acceptors (Lipinski definition) is 3. The molecular weight excluding hydrogens is 192 g/mol. The van der Waals surface area contributed by atoms with Crippen LogP contribution in [0.1, 0.15) is 32.1 Å². The predicted molar refractivity (Wildman–Crippen MR) is 57.2 cm³/mol. The number of hydrogen-bond donors (Lipinski definition) is 3. The van der Waals surface area contributed by atoms with Crippen LogP contribution < -0.4 is 11.1 Å². The predicted octanol–water partition coefficient (Wildman–Crippen LogP) is 1.01. The van der Waals surface area contributed by atoms with Crippen LogP contribution in [0.3, 0.4) is 0 Å². The largest absolute Gasteiger partial charge is 0.322 e. The molecule has 0 saturated heterocycles. The van der Waals surface area contributed by atoms with Gasteiger partial charge < -0.3 is 11.1 Å². The molecule has 0 bridgehead atoms. The zero-order valence-electron chi connectivity index (χ0n) is 8.62. The van der Waals surface area contributed by atoms with Crippen LogP contribution in [-0.4, -0.2) is 21.6 Å². The highest BCUT2D eigenvalue weighted by molar-refractivity contribution is 5.97. The summed E-state index contributed by atoms with van der Waals surface area (Å²) in [6.45, 7) is 0. The Morgan fingerprint density at radius 1 is 1.47 bits per heavy atom. The van der Waals surface area contributed by atoms with Gasteiger partial charge in [0.15, 0.2) is 0 Å². The number of aromatic nitrogens is 2. The SMILES string of the molecule is NC1(C(=O)Nc2cn[nH]c2)CCCCC1. The molecule has 2 rings (SSSR count). The summed E-state index contributed by atoms with van der Waals surface area (Å²) >= 11 is 0. The van der Waals surface area contributed by atoms with Gasteiger partial charge in [0.1, 0.15) is 0 Å². The van der Waals surface area contributed by atoms with Gasteiger partial charge in [0, 0.05) is 6.20 Å². The highest BCUT2D eigenvalue weighted by atomic mass is 16.2. The van der Waals surface area contributed by atoms with Crippen molar-refractivity contribution in [3.05, 3.63) is 12.4 Å². The molecule has 1 saturated carbocycles. The lowest BCUT2D eigenvalue weighted by molar-refractivity contribution is -0.122. The number of aromatic amines is 1. The molecule has 5 nitrogen and oxygen atoms in total. The molecule has 1 aromatic heterocycles. The van der Waals surface area contributed by atoms with Gasteiger partial charge in [-0.3, -0.25) is 9.89 Å². The van der Waals surface area contributed by atoms with Crippen LogP contribution in [0.5, 0.6) is 0 Å². The van der Waals surface area contributed by atoms with Gasteiger partial charge in [-0.2, -0.15) is 5.10 Å². The number of carbonyl (C=O) groups excluding carboxylic acids is 1. The maximum absolute atomic E-state index is 11.9. The quantitative estimate of drug-likeness (QED) is 0.678. The molecule has 0 radical (unpaired) electrons. The minimum atomic E-state index is -0.685. The second-order valence-electron chi connectivity index (χ2n) is 4.16. The lowest BCUT2D eigenvalue weighted by atomic mass is 9.82. The molecule has 1 heterocycles. The van der Waals surface area contributed by atoms with Gasteiger partial charge >= 0.3 is 0 Å². The highest BCUT2D eigenvalue weighted by Gasteiger charge is 2.35. The van der Waals surface area contributed by atoms with Crippen LogP contribution in [0.25, 0.3) is 0 Å². The number of anilines is 1. The van der Waals surface area contributed by atoms with Crippen molar-refractivity contribution < 1.29 is 4.79 Å². The van der Waals surface area contributed by atoms with Crippen molar-refractivity contribution in [3.8, 4) is 0 Å². The van der Waals surface area contributed by atoms with E-state index in [2.05, 4.69) is 15.5 Å². The van der Waals surface area contributed by atoms with E-state index in [9.17, 15) is 4.79 Å². The molecule has 1 aliphatic rings. The van der Waals surface area contributed by atoms with Crippen LogP contribution in [-0.2, 0) is 4.79 Å². The molecule has 1 amide bonds. The fraction of sp³-hybridized carbons (Fsp3) is 0.600. The first-order valence-corrected chi connectivity index (χ1v) is 5.30. The minimum Gasteiger partial charge on any atom is -0.322 e. The smallest absolute Gasteiger partial charge is 0.244 e. The van der Waals surface area contributed by atoms with Crippen molar-refractivity contribution in [2.45, 2.75) is 37.6 Å². The third kappa shape index (κ3) is 2.18. The molecule has 1 aliphatic carbocycles. The zero-order valence-corrected chi connectivity index (χ0v) is 8.62. The Bertz CT molecular complexity index is 327. The van der Waals surface area contributed by atoms with Gasteiger partial charge in [-0.05, 0) is 12.8 Å². The monoisotopic (exact) mass is 208 g/mol. The first-order valence-electron chi connectivity index (χ1n) is 5.30. The number of amides is 1. The summed E-state index contributed by atoms with van der Waals surface area (Å²) in [5.74, 6) is -0.0939. The molecule has 1 fully saturated rings. The molecule has 0 atom stereocenters. The average Bonchev–Trinajstić information content (AvgIpc) is 2.71. The molecule has 15 heavy (non-hydrogen) atoms. The second-order valence-corrected chi connectivity index (χ2v) is 4.16. The van der Waals surface area contributed by atoms with E-state index in [1.807, 2.05) is 0 Å². The van der Waals surface area contributed by atoms with Crippen molar-refractivity contribution in [1.29, 1.82) is 0 Å². The molecule has 82 valence electrons. The van der Waals surface area contributed by atoms with Gasteiger partial charge in [0.05, 0.1) is 17.4 Å². The fourth-order valence-electron chi connectivity index (χ4n) is 1.98. The summed E-state index contributed by atoms with van der Waals surface area (Å²) in [5.41, 5.74) is 6.07. The first kappa shape index (κ1) is 10.2. The van der Waals surface area contributed by atoms with E-state index in [1.165, 1.54) is 6.42 Å². The van der Waals surface area contributed by atoms with Gasteiger partial charge in [-0.1, -0.05) is 19.3 Å². The molecule has 0 aromatic carbocycles. The number of nitrogens with two attached hydrogens (primary N) is 1. The maximum Gasteiger partial charge on any atom is 0.244 e. The molecular formula is C10H16N4O. The van der Waals surface area contributed by atoms with E-state index in [0.29, 0.717) is 5.69 Å². The molecule has 5 heteroatoms. The summed E-state index contributed by atoms with van der Waals surface area (Å²) < 4.78 is 0. The number of H-pyrrole nitrogens is 1. The summed E-state index contributed by atoms with van der Waals surface area (Å²) in [7, 11) is 0. The summed E-state index contributed by atoms with van der Waals surface area (Å²) in [6, 6.07) is 0. The van der Waals surface area contributed by atoms with Crippen molar-refractivity contribution in [1.82, 2.24) is 10.2 Å². The molecule has 1 aromatic rings. The maximum atomic E-state index is 11.9. The summed E-state index contributed by atoms with van der Waals surface area (Å²) in [6.07, 6.45) is 8.02. The van der Waals surface area contributed by atoms with E-state index in [4.69, 9.17) is 5.73 Å². The third-order valence-electron chi connectivity index (χ3n) is 2.95. The zero-order chi connectivity index (χ0) is 10.7. The summed E-state index contributed by atoms with van der Waals surface area (Å²) in [4.78, 5) is 11.9. The number of nitrogens with one attached hydrogen (secondary N) is 2. The Morgan fingerprint density at radius 3 is 2.80 bits per heavy atom. The van der Waals surface area contributed by atoms with Crippen molar-refractivity contribution in [2.24, 2.45) is 5.73 Å². The van der Waals surface area contributed by atoms with Gasteiger partial charge in [-0.25, -0.2) is 0 Å². The van der Waals surface area contributed by atoms with Crippen LogP contribution in [0.4, 0.5) is 5.69 Å². The standard InChI is InChI=1S/C10H16N4O/c11-10(4-2-1-3-5-10)9(15)14-8-6-12-13-7-8/h6-7H,1-5,11H2,(H,12,13)(H,14,15). The number of nitrogens with zero attached hydrogens (tertiary/aromatic N) is 1. The van der Waals surface area contributed by atoms with E-state index < -0.39 is 5.54 Å². The molecule has 0 aliphatic heterocycles. The van der Waals surface area contributed by atoms with E-state index in [1.54, 1.807) is 12.4 Å². The van der Waals surface area contributed by atoms with Crippen molar-refractivity contribution in [2.75, 3.05) is 5.32 Å². The normalized spacial score (nSPS) is 19.8. The van der Waals surface area contributed by atoms with Crippen LogP contribution in [0, 0.1) is 0 Å². The second kappa shape index (κ2) is 4.02. The fourth-order valence-corrected chi connectivity index (χ4v) is 1.98. The lowest BCUT2D eigenvalue weighted by Crippen LogP contribution is -2.52. The third-order valence-corrected chi connectivity index (χ3v) is 2.95. The minimum absolute atomic E-state index is 0.0939. The Hall–Kier alpha value is -1.36. The molecule has 0 unspecified atom stereocenters. The van der Waals surface area contributed by atoms with E-state index >= 15 is 0 Å². The number of rotatable bonds is 2. The van der Waals surface area contributed by atoms with Crippen molar-refractivity contribution >= 4 is 11.6 Å². The Labute approximate surface area is 88.4 Å². The van der Waals surface area contributed by atoms with Crippen molar-refractivity contribution in [3.63, 3.8) is 0 Å². The average molecular weight is 208 g/mol. The number of carbonyl (C=O) groups is 1. The Kier molecular flexibility index (Phi) is 2.73. The van der Waals surface area contributed by atoms with E-state index in [0.717, 1.165) is 25.7 Å². The van der Waals surface area contributed by atoms with Crippen LogP contribution >= 0.6 is 0 Å². The highest BCUT2D eigenvalue weighted by Crippen LogP contribution is 2.26. The molecule has 4 N–H and O–H groups in total. The topological polar surface area (TPSA) is 83.8 Å². The first-order chi connectivity index (χ1) is 7.21. The lowest BCUT2D eigenvalue weighted by Gasteiger charge is -2.31.